The second kappa shape index (κ2) is 6.65. The summed E-state index contributed by atoms with van der Waals surface area (Å²) in [4.78, 5) is 12.2. The molecule has 0 radical (unpaired) electrons. The van der Waals surface area contributed by atoms with Crippen molar-refractivity contribution in [1.82, 2.24) is 5.43 Å². The van der Waals surface area contributed by atoms with Gasteiger partial charge in [0.1, 0.15) is 5.75 Å². The molecule has 118 valence electrons. The third-order valence-electron chi connectivity index (χ3n) is 4.20. The molecule has 1 aliphatic rings. The maximum Gasteiger partial charge on any atom is 0.243 e. The fourth-order valence-electron chi connectivity index (χ4n) is 2.67. The third-order valence-corrected chi connectivity index (χ3v) is 4.20. The molecule has 0 unspecified atom stereocenters. The van der Waals surface area contributed by atoms with Crippen LogP contribution in [-0.2, 0) is 4.79 Å². The SMILES string of the molecule is COc1ccc(/C(C)=N\NC(=O)[C@H]2C[C@@H]2c2ccccc2)cc1. The van der Waals surface area contributed by atoms with Gasteiger partial charge in [-0.2, -0.15) is 5.10 Å². The van der Waals surface area contributed by atoms with E-state index in [-0.39, 0.29) is 11.8 Å². The molecule has 0 heterocycles. The lowest BCUT2D eigenvalue weighted by molar-refractivity contribution is -0.122. The number of rotatable bonds is 5. The lowest BCUT2D eigenvalue weighted by atomic mass is 10.1. The summed E-state index contributed by atoms with van der Waals surface area (Å²) < 4.78 is 5.13. The normalized spacial score (nSPS) is 20.0. The molecule has 2 aromatic carbocycles. The Hall–Kier alpha value is -2.62. The van der Waals surface area contributed by atoms with Gasteiger partial charge < -0.3 is 4.74 Å². The number of hydrogen-bond donors (Lipinski definition) is 1. The molecule has 1 fully saturated rings. The van der Waals surface area contributed by atoms with Crippen molar-refractivity contribution >= 4 is 11.6 Å². The molecule has 2 atom stereocenters. The van der Waals surface area contributed by atoms with Crippen molar-refractivity contribution in [3.05, 3.63) is 65.7 Å². The van der Waals surface area contributed by atoms with E-state index in [1.807, 2.05) is 49.4 Å². The van der Waals surface area contributed by atoms with Gasteiger partial charge in [0.2, 0.25) is 5.91 Å². The molecule has 0 spiro atoms. The number of benzene rings is 2. The number of methoxy groups -OCH3 is 1. The van der Waals surface area contributed by atoms with Crippen molar-refractivity contribution in [2.75, 3.05) is 7.11 Å². The van der Waals surface area contributed by atoms with Crippen LogP contribution < -0.4 is 10.2 Å². The highest BCUT2D eigenvalue weighted by Gasteiger charge is 2.43. The number of hydrazone groups is 1. The van der Waals surface area contributed by atoms with Crippen molar-refractivity contribution in [3.8, 4) is 5.75 Å². The van der Waals surface area contributed by atoms with E-state index in [2.05, 4.69) is 22.7 Å². The van der Waals surface area contributed by atoms with Gasteiger partial charge in [0.05, 0.1) is 12.8 Å². The third kappa shape index (κ3) is 3.59. The summed E-state index contributed by atoms with van der Waals surface area (Å²) >= 11 is 0. The number of carbonyl (C=O) groups excluding carboxylic acids is 1. The largest absolute Gasteiger partial charge is 0.497 e. The number of carbonyl (C=O) groups is 1. The van der Waals surface area contributed by atoms with Gasteiger partial charge in [-0.05, 0) is 54.7 Å². The molecular formula is C19H20N2O2. The Labute approximate surface area is 136 Å². The summed E-state index contributed by atoms with van der Waals surface area (Å²) in [6, 6.07) is 17.8. The van der Waals surface area contributed by atoms with E-state index >= 15 is 0 Å². The Kier molecular flexibility index (Phi) is 4.42. The zero-order valence-corrected chi connectivity index (χ0v) is 13.3. The monoisotopic (exact) mass is 308 g/mol. The Morgan fingerprint density at radius 2 is 1.83 bits per heavy atom. The van der Waals surface area contributed by atoms with E-state index in [0.717, 1.165) is 23.4 Å². The molecule has 0 aliphatic heterocycles. The van der Waals surface area contributed by atoms with Gasteiger partial charge in [-0.25, -0.2) is 5.43 Å². The number of nitrogens with one attached hydrogen (secondary N) is 1. The molecule has 3 rings (SSSR count). The first-order valence-corrected chi connectivity index (χ1v) is 7.72. The topological polar surface area (TPSA) is 50.7 Å². The quantitative estimate of drug-likeness (QED) is 0.680. The van der Waals surface area contributed by atoms with E-state index in [1.165, 1.54) is 5.56 Å². The first-order chi connectivity index (χ1) is 11.2. The first-order valence-electron chi connectivity index (χ1n) is 7.72. The fraction of sp³-hybridized carbons (Fsp3) is 0.263. The summed E-state index contributed by atoms with van der Waals surface area (Å²) in [6.45, 7) is 1.88. The van der Waals surface area contributed by atoms with Crippen LogP contribution in [0.4, 0.5) is 0 Å². The minimum Gasteiger partial charge on any atom is -0.497 e. The van der Waals surface area contributed by atoms with Crippen molar-refractivity contribution in [2.45, 2.75) is 19.3 Å². The summed E-state index contributed by atoms with van der Waals surface area (Å²) in [5.41, 5.74) is 5.65. The summed E-state index contributed by atoms with van der Waals surface area (Å²) in [7, 11) is 1.63. The van der Waals surface area contributed by atoms with Crippen LogP contribution in [0.25, 0.3) is 0 Å². The molecule has 1 amide bonds. The van der Waals surface area contributed by atoms with Crippen LogP contribution in [0.2, 0.25) is 0 Å². The summed E-state index contributed by atoms with van der Waals surface area (Å²) in [5.74, 6) is 1.15. The predicted octanol–water partition coefficient (Wildman–Crippen LogP) is 3.34. The van der Waals surface area contributed by atoms with Gasteiger partial charge in [0.15, 0.2) is 0 Å². The van der Waals surface area contributed by atoms with E-state index in [0.29, 0.717) is 5.92 Å². The van der Waals surface area contributed by atoms with Crippen molar-refractivity contribution in [1.29, 1.82) is 0 Å². The standard InChI is InChI=1S/C19H20N2O2/c1-13(14-8-10-16(23-2)11-9-14)20-21-19(22)18-12-17(18)15-6-4-3-5-7-15/h3-11,17-18H,12H2,1-2H3,(H,21,22)/b20-13-/t17-,18+/m1/s1. The molecule has 1 N–H and O–H groups in total. The van der Waals surface area contributed by atoms with E-state index in [1.54, 1.807) is 7.11 Å². The van der Waals surface area contributed by atoms with Gasteiger partial charge in [0.25, 0.3) is 0 Å². The van der Waals surface area contributed by atoms with E-state index < -0.39 is 0 Å². The summed E-state index contributed by atoms with van der Waals surface area (Å²) in [6.07, 6.45) is 0.896. The minimum absolute atomic E-state index is 0.00767. The Bertz CT molecular complexity index is 708. The van der Waals surface area contributed by atoms with E-state index in [4.69, 9.17) is 4.74 Å². The molecule has 4 heteroatoms. The molecule has 2 aromatic rings. The lowest BCUT2D eigenvalue weighted by Gasteiger charge is -2.04. The molecular weight excluding hydrogens is 288 g/mol. The van der Waals surface area contributed by atoms with Crippen molar-refractivity contribution < 1.29 is 9.53 Å². The lowest BCUT2D eigenvalue weighted by Crippen LogP contribution is -2.21. The van der Waals surface area contributed by atoms with E-state index in [9.17, 15) is 4.79 Å². The van der Waals surface area contributed by atoms with Gasteiger partial charge in [-0.15, -0.1) is 0 Å². The zero-order chi connectivity index (χ0) is 16.2. The molecule has 0 bridgehead atoms. The molecule has 4 nitrogen and oxygen atoms in total. The van der Waals surface area contributed by atoms with Crippen LogP contribution in [0.1, 0.15) is 30.4 Å². The molecule has 23 heavy (non-hydrogen) atoms. The van der Waals surface area contributed by atoms with Crippen molar-refractivity contribution in [2.24, 2.45) is 11.0 Å². The average Bonchev–Trinajstić information content (AvgIpc) is 3.41. The molecule has 1 saturated carbocycles. The highest BCUT2D eigenvalue weighted by atomic mass is 16.5. The Morgan fingerprint density at radius 1 is 1.13 bits per heavy atom. The highest BCUT2D eigenvalue weighted by molar-refractivity contribution is 5.99. The highest BCUT2D eigenvalue weighted by Crippen LogP contribution is 2.47. The second-order valence-corrected chi connectivity index (χ2v) is 5.76. The average molecular weight is 308 g/mol. The van der Waals surface area contributed by atoms with Crippen LogP contribution in [0.15, 0.2) is 59.7 Å². The summed E-state index contributed by atoms with van der Waals surface area (Å²) in [5, 5.41) is 4.22. The number of hydrogen-bond acceptors (Lipinski definition) is 3. The van der Waals surface area contributed by atoms with Crippen molar-refractivity contribution in [3.63, 3.8) is 0 Å². The molecule has 0 aromatic heterocycles. The molecule has 1 aliphatic carbocycles. The smallest absolute Gasteiger partial charge is 0.243 e. The minimum atomic E-state index is -0.00767. The van der Waals surface area contributed by atoms with Gasteiger partial charge in [-0.3, -0.25) is 4.79 Å². The number of nitrogens with zero attached hydrogens (tertiary/aromatic N) is 1. The van der Waals surface area contributed by atoms with Gasteiger partial charge in [0, 0.05) is 5.92 Å². The van der Waals surface area contributed by atoms with Gasteiger partial charge >= 0.3 is 0 Å². The predicted molar refractivity (Wildman–Crippen MR) is 90.6 cm³/mol. The van der Waals surface area contributed by atoms with Crippen LogP contribution in [0.3, 0.4) is 0 Å². The zero-order valence-electron chi connectivity index (χ0n) is 13.3. The maximum atomic E-state index is 12.2. The molecule has 0 saturated heterocycles. The Balaban J connectivity index is 1.58. The second-order valence-electron chi connectivity index (χ2n) is 5.76. The fourth-order valence-corrected chi connectivity index (χ4v) is 2.67. The first kappa shape index (κ1) is 15.3. The van der Waals surface area contributed by atoms with Crippen LogP contribution >= 0.6 is 0 Å². The maximum absolute atomic E-state index is 12.2. The van der Waals surface area contributed by atoms with Crippen LogP contribution in [0, 0.1) is 5.92 Å². The number of amides is 1. The Morgan fingerprint density at radius 3 is 2.48 bits per heavy atom. The number of ether oxygens (including phenoxy) is 1. The van der Waals surface area contributed by atoms with Crippen LogP contribution in [0.5, 0.6) is 5.75 Å². The van der Waals surface area contributed by atoms with Crippen LogP contribution in [-0.4, -0.2) is 18.7 Å². The van der Waals surface area contributed by atoms with Gasteiger partial charge in [-0.1, -0.05) is 30.3 Å².